The van der Waals surface area contributed by atoms with Crippen molar-refractivity contribution < 1.29 is 19.1 Å². The van der Waals surface area contributed by atoms with Crippen LogP contribution in [0.25, 0.3) is 21.9 Å². The summed E-state index contributed by atoms with van der Waals surface area (Å²) in [5.41, 5.74) is 3.39. The molecule has 0 radical (unpaired) electrons. The number of fused-ring (bicyclic) bond motifs is 1. The van der Waals surface area contributed by atoms with Crippen molar-refractivity contribution in [2.75, 3.05) is 14.2 Å². The quantitative estimate of drug-likeness (QED) is 0.315. The molecule has 0 unspecified atom stereocenters. The van der Waals surface area contributed by atoms with Gasteiger partial charge in [-0.25, -0.2) is 9.59 Å². The number of carbonyl (C=O) groups excluding carboxylic acids is 2. The van der Waals surface area contributed by atoms with Crippen LogP contribution in [-0.4, -0.2) is 26.2 Å². The maximum absolute atomic E-state index is 11.5. The SMILES string of the molecule is COC(=O)c1ccc(-c2cccc3ccccc23)cc1.COC(=O)c1ccc(Br)cc1. The number of rotatable bonds is 3. The highest BCUT2D eigenvalue weighted by Crippen LogP contribution is 2.28. The zero-order chi connectivity index (χ0) is 22.2. The normalized spacial score (nSPS) is 10.0. The Morgan fingerprint density at radius 2 is 1.16 bits per heavy atom. The van der Waals surface area contributed by atoms with E-state index in [0.29, 0.717) is 11.1 Å². The van der Waals surface area contributed by atoms with Gasteiger partial charge in [-0.1, -0.05) is 70.5 Å². The summed E-state index contributed by atoms with van der Waals surface area (Å²) in [5, 5.41) is 2.42. The smallest absolute Gasteiger partial charge is 0.337 e. The summed E-state index contributed by atoms with van der Waals surface area (Å²) < 4.78 is 10.2. The van der Waals surface area contributed by atoms with Gasteiger partial charge in [0.05, 0.1) is 25.3 Å². The first-order valence-corrected chi connectivity index (χ1v) is 10.3. The summed E-state index contributed by atoms with van der Waals surface area (Å²) in [7, 11) is 2.76. The molecule has 0 amide bonds. The van der Waals surface area contributed by atoms with E-state index in [-0.39, 0.29) is 11.9 Å². The highest BCUT2D eigenvalue weighted by Gasteiger charge is 2.07. The molecule has 4 nitrogen and oxygen atoms in total. The number of hydrogen-bond donors (Lipinski definition) is 0. The molecule has 0 bridgehead atoms. The van der Waals surface area contributed by atoms with Crippen LogP contribution in [0.3, 0.4) is 0 Å². The van der Waals surface area contributed by atoms with Crippen molar-refractivity contribution in [1.82, 2.24) is 0 Å². The predicted molar refractivity (Wildman–Crippen MR) is 126 cm³/mol. The standard InChI is InChI=1S/C18H14O2.C8H7BrO2/c1-20-18(19)15-11-9-14(10-12-15)17-8-4-6-13-5-2-3-7-16(13)17;1-11-8(10)6-2-4-7(9)5-3-6/h2-12H,1H3;2-5H,1H3. The molecule has 0 heterocycles. The number of ether oxygens (including phenoxy) is 2. The van der Waals surface area contributed by atoms with Crippen LogP contribution >= 0.6 is 15.9 Å². The summed E-state index contributed by atoms with van der Waals surface area (Å²) in [6, 6.07) is 29.0. The van der Waals surface area contributed by atoms with Gasteiger partial charge in [-0.2, -0.15) is 0 Å². The fourth-order valence-electron chi connectivity index (χ4n) is 3.08. The van der Waals surface area contributed by atoms with E-state index in [1.54, 1.807) is 36.4 Å². The Morgan fingerprint density at radius 3 is 1.74 bits per heavy atom. The summed E-state index contributed by atoms with van der Waals surface area (Å²) in [6.45, 7) is 0. The molecule has 4 aromatic rings. The topological polar surface area (TPSA) is 52.6 Å². The molecule has 0 saturated carbocycles. The number of benzene rings is 4. The molecule has 4 rings (SSSR count). The van der Waals surface area contributed by atoms with Crippen LogP contribution in [0.1, 0.15) is 20.7 Å². The van der Waals surface area contributed by atoms with Gasteiger partial charge in [0, 0.05) is 4.47 Å². The van der Waals surface area contributed by atoms with Crippen molar-refractivity contribution in [2.45, 2.75) is 0 Å². The molecular weight excluding hydrogens is 456 g/mol. The van der Waals surface area contributed by atoms with Crippen molar-refractivity contribution in [2.24, 2.45) is 0 Å². The van der Waals surface area contributed by atoms with Crippen LogP contribution in [0.5, 0.6) is 0 Å². The summed E-state index contributed by atoms with van der Waals surface area (Å²) in [4.78, 5) is 22.3. The number of methoxy groups -OCH3 is 2. The molecule has 0 aliphatic carbocycles. The van der Waals surface area contributed by atoms with Crippen LogP contribution in [-0.2, 0) is 9.47 Å². The monoisotopic (exact) mass is 476 g/mol. The van der Waals surface area contributed by atoms with Crippen molar-refractivity contribution in [1.29, 1.82) is 0 Å². The molecule has 0 spiro atoms. The minimum absolute atomic E-state index is 0.308. The van der Waals surface area contributed by atoms with Crippen molar-refractivity contribution >= 4 is 38.6 Å². The zero-order valence-corrected chi connectivity index (χ0v) is 18.8. The Morgan fingerprint density at radius 1 is 0.645 bits per heavy atom. The Labute approximate surface area is 189 Å². The third-order valence-corrected chi connectivity index (χ3v) is 5.20. The Balaban J connectivity index is 0.000000210. The van der Waals surface area contributed by atoms with Gasteiger partial charge in [0.2, 0.25) is 0 Å². The minimum Gasteiger partial charge on any atom is -0.465 e. The largest absolute Gasteiger partial charge is 0.465 e. The van der Waals surface area contributed by atoms with E-state index in [9.17, 15) is 9.59 Å². The maximum atomic E-state index is 11.5. The van der Waals surface area contributed by atoms with Crippen LogP contribution in [0.15, 0.2) is 95.5 Å². The fraction of sp³-hybridized carbons (Fsp3) is 0.0769. The number of halogens is 1. The molecule has 4 aromatic carbocycles. The third-order valence-electron chi connectivity index (χ3n) is 4.67. The first-order valence-electron chi connectivity index (χ1n) is 9.54. The molecule has 0 atom stereocenters. The lowest BCUT2D eigenvalue weighted by Crippen LogP contribution is -2.00. The summed E-state index contributed by atoms with van der Waals surface area (Å²) in [6.07, 6.45) is 0. The molecule has 0 N–H and O–H groups in total. The Bertz CT molecular complexity index is 1180. The zero-order valence-electron chi connectivity index (χ0n) is 17.2. The van der Waals surface area contributed by atoms with Gasteiger partial charge in [-0.3, -0.25) is 0 Å². The van der Waals surface area contributed by atoms with Gasteiger partial charge < -0.3 is 9.47 Å². The van der Waals surface area contributed by atoms with E-state index in [0.717, 1.165) is 10.0 Å². The van der Waals surface area contributed by atoms with E-state index in [2.05, 4.69) is 44.9 Å². The highest BCUT2D eigenvalue weighted by molar-refractivity contribution is 9.10. The molecular formula is C26H21BrO4. The highest BCUT2D eigenvalue weighted by atomic mass is 79.9. The lowest BCUT2D eigenvalue weighted by Gasteiger charge is -2.07. The Hall–Kier alpha value is -3.44. The molecule has 31 heavy (non-hydrogen) atoms. The van der Waals surface area contributed by atoms with Gasteiger partial charge in [-0.05, 0) is 58.3 Å². The number of carbonyl (C=O) groups is 2. The summed E-state index contributed by atoms with van der Waals surface area (Å²) >= 11 is 3.26. The second-order valence-corrected chi connectivity index (χ2v) is 7.51. The van der Waals surface area contributed by atoms with E-state index in [1.165, 1.54) is 30.6 Å². The molecule has 0 saturated heterocycles. The van der Waals surface area contributed by atoms with E-state index in [4.69, 9.17) is 4.74 Å². The van der Waals surface area contributed by atoms with Crippen molar-refractivity contribution in [3.8, 4) is 11.1 Å². The first-order chi connectivity index (χ1) is 15.0. The van der Waals surface area contributed by atoms with Crippen LogP contribution < -0.4 is 0 Å². The van der Waals surface area contributed by atoms with Gasteiger partial charge in [0.25, 0.3) is 0 Å². The fourth-order valence-corrected chi connectivity index (χ4v) is 3.35. The second-order valence-electron chi connectivity index (χ2n) is 6.59. The van der Waals surface area contributed by atoms with Gasteiger partial charge in [0.1, 0.15) is 0 Å². The predicted octanol–water partition coefficient (Wildman–Crippen LogP) is 6.53. The number of hydrogen-bond acceptors (Lipinski definition) is 4. The summed E-state index contributed by atoms with van der Waals surface area (Å²) in [5.74, 6) is -0.619. The number of esters is 2. The lowest BCUT2D eigenvalue weighted by molar-refractivity contribution is 0.0592. The van der Waals surface area contributed by atoms with E-state index >= 15 is 0 Å². The first kappa shape index (κ1) is 22.2. The third kappa shape index (κ3) is 5.58. The lowest BCUT2D eigenvalue weighted by atomic mass is 9.97. The average molecular weight is 477 g/mol. The molecule has 5 heteroatoms. The minimum atomic E-state index is -0.311. The van der Waals surface area contributed by atoms with Crippen molar-refractivity contribution in [3.05, 3.63) is 107 Å². The molecule has 0 aliphatic rings. The van der Waals surface area contributed by atoms with Gasteiger partial charge in [-0.15, -0.1) is 0 Å². The van der Waals surface area contributed by atoms with E-state index in [1.807, 2.05) is 30.3 Å². The van der Waals surface area contributed by atoms with Crippen molar-refractivity contribution in [3.63, 3.8) is 0 Å². The Kier molecular flexibility index (Phi) is 7.57. The molecule has 0 fully saturated rings. The van der Waals surface area contributed by atoms with Gasteiger partial charge in [0.15, 0.2) is 0 Å². The average Bonchev–Trinajstić information content (AvgIpc) is 2.83. The molecule has 0 aromatic heterocycles. The second kappa shape index (κ2) is 10.5. The molecule has 156 valence electrons. The maximum Gasteiger partial charge on any atom is 0.337 e. The van der Waals surface area contributed by atoms with E-state index < -0.39 is 0 Å². The van der Waals surface area contributed by atoms with Gasteiger partial charge >= 0.3 is 11.9 Å². The van der Waals surface area contributed by atoms with Crippen LogP contribution in [0.2, 0.25) is 0 Å². The van der Waals surface area contributed by atoms with Crippen LogP contribution in [0, 0.1) is 0 Å². The van der Waals surface area contributed by atoms with Crippen LogP contribution in [0.4, 0.5) is 0 Å². The molecule has 0 aliphatic heterocycles.